The zero-order valence-corrected chi connectivity index (χ0v) is 12.4. The standard InChI is InChI=1S/C15H16ClN5/c16-11-6-7-13-14(10-11)18-9-8-15(13)21(20-19-17)12-4-2-1-3-5-12/h6-10,12H,1-5H2. The van der Waals surface area contributed by atoms with Gasteiger partial charge in [0, 0.05) is 22.7 Å². The molecule has 1 heterocycles. The van der Waals surface area contributed by atoms with E-state index in [1.807, 2.05) is 29.3 Å². The third kappa shape index (κ3) is 2.89. The largest absolute Gasteiger partial charge is 0.256 e. The first-order chi connectivity index (χ1) is 10.3. The SMILES string of the molecule is [N-]=[N+]=NN(c1ccnc2cc(Cl)ccc12)C1CCCCC1. The van der Waals surface area contributed by atoms with Crippen molar-refractivity contribution in [3.8, 4) is 0 Å². The van der Waals surface area contributed by atoms with Crippen LogP contribution >= 0.6 is 11.6 Å². The molecule has 0 radical (unpaired) electrons. The third-order valence-electron chi connectivity index (χ3n) is 3.99. The van der Waals surface area contributed by atoms with Gasteiger partial charge in [0.2, 0.25) is 0 Å². The van der Waals surface area contributed by atoms with E-state index in [0.717, 1.165) is 29.4 Å². The van der Waals surface area contributed by atoms with E-state index in [1.165, 1.54) is 19.3 Å². The van der Waals surface area contributed by atoms with E-state index in [0.29, 0.717) is 5.02 Å². The number of halogens is 1. The highest BCUT2D eigenvalue weighted by Gasteiger charge is 2.26. The summed E-state index contributed by atoms with van der Waals surface area (Å²) in [7, 11) is 0. The molecule has 0 saturated heterocycles. The van der Waals surface area contributed by atoms with Crippen molar-refractivity contribution in [1.29, 1.82) is 0 Å². The number of anilines is 1. The molecule has 0 aliphatic heterocycles. The summed E-state index contributed by atoms with van der Waals surface area (Å²) in [5, 5.41) is 7.37. The summed E-state index contributed by atoms with van der Waals surface area (Å²) < 4.78 is 0. The molecule has 3 rings (SSSR count). The van der Waals surface area contributed by atoms with Crippen molar-refractivity contribution in [1.82, 2.24) is 4.98 Å². The maximum Gasteiger partial charge on any atom is 0.141 e. The summed E-state index contributed by atoms with van der Waals surface area (Å²) in [6.07, 6.45) is 7.45. The number of azide groups is 1. The Balaban J connectivity index is 2.08. The molecule has 1 saturated carbocycles. The highest BCUT2D eigenvalue weighted by molar-refractivity contribution is 6.31. The summed E-state index contributed by atoms with van der Waals surface area (Å²) in [6, 6.07) is 7.76. The summed E-state index contributed by atoms with van der Waals surface area (Å²) in [6.45, 7) is 0. The van der Waals surface area contributed by atoms with E-state index < -0.39 is 0 Å². The van der Waals surface area contributed by atoms with Gasteiger partial charge in [-0.15, -0.1) is 5.53 Å². The number of fused-ring (bicyclic) bond motifs is 1. The van der Waals surface area contributed by atoms with E-state index in [1.54, 1.807) is 6.20 Å². The maximum atomic E-state index is 8.92. The highest BCUT2D eigenvalue weighted by Crippen LogP contribution is 2.33. The first-order valence-electron chi connectivity index (χ1n) is 7.18. The van der Waals surface area contributed by atoms with E-state index in [-0.39, 0.29) is 6.04 Å². The van der Waals surface area contributed by atoms with Crippen LogP contribution in [0.3, 0.4) is 0 Å². The van der Waals surface area contributed by atoms with Crippen LogP contribution in [0.1, 0.15) is 32.1 Å². The second-order valence-electron chi connectivity index (χ2n) is 5.31. The minimum absolute atomic E-state index is 0.260. The van der Waals surface area contributed by atoms with Crippen molar-refractivity contribution in [2.75, 3.05) is 5.01 Å². The van der Waals surface area contributed by atoms with Crippen LogP contribution < -0.4 is 5.01 Å². The molecule has 0 N–H and O–H groups in total. The molecule has 108 valence electrons. The van der Waals surface area contributed by atoms with Gasteiger partial charge in [0.25, 0.3) is 0 Å². The Labute approximate surface area is 128 Å². The Morgan fingerprint density at radius 3 is 2.81 bits per heavy atom. The predicted octanol–water partition coefficient (Wildman–Crippen LogP) is 5.25. The molecule has 0 spiro atoms. The number of rotatable bonds is 3. The molecule has 1 aliphatic carbocycles. The molecular weight excluding hydrogens is 286 g/mol. The molecule has 2 aromatic rings. The van der Waals surface area contributed by atoms with Crippen molar-refractivity contribution in [2.45, 2.75) is 38.1 Å². The monoisotopic (exact) mass is 301 g/mol. The van der Waals surface area contributed by atoms with Gasteiger partial charge in [-0.2, -0.15) is 4.91 Å². The minimum atomic E-state index is 0.260. The molecule has 1 aliphatic rings. The average molecular weight is 302 g/mol. The molecule has 1 aromatic carbocycles. The smallest absolute Gasteiger partial charge is 0.141 e. The van der Waals surface area contributed by atoms with Gasteiger partial charge >= 0.3 is 0 Å². The molecule has 6 heteroatoms. The number of nitrogens with zero attached hydrogens (tertiary/aromatic N) is 5. The van der Waals surface area contributed by atoms with E-state index in [9.17, 15) is 0 Å². The van der Waals surface area contributed by atoms with Crippen LogP contribution in [0.4, 0.5) is 5.69 Å². The predicted molar refractivity (Wildman–Crippen MR) is 85.3 cm³/mol. The van der Waals surface area contributed by atoms with Crippen LogP contribution in [0.15, 0.2) is 35.7 Å². The quantitative estimate of drug-likeness (QED) is 0.336. The van der Waals surface area contributed by atoms with Crippen molar-refractivity contribution in [3.05, 3.63) is 45.9 Å². The molecular formula is C15H16ClN5. The molecule has 0 bridgehead atoms. The first kappa shape index (κ1) is 14.0. The van der Waals surface area contributed by atoms with Gasteiger partial charge in [-0.1, -0.05) is 18.0 Å². The van der Waals surface area contributed by atoms with E-state index >= 15 is 0 Å². The second-order valence-corrected chi connectivity index (χ2v) is 5.74. The molecule has 1 fully saturated rings. The van der Waals surface area contributed by atoms with Gasteiger partial charge in [0.1, 0.15) is 11.7 Å². The van der Waals surface area contributed by atoms with Gasteiger partial charge in [-0.25, -0.2) is 5.01 Å². The van der Waals surface area contributed by atoms with Crippen molar-refractivity contribution in [2.24, 2.45) is 5.22 Å². The Morgan fingerprint density at radius 1 is 1.24 bits per heavy atom. The summed E-state index contributed by atoms with van der Waals surface area (Å²) in [5.41, 5.74) is 10.6. The van der Waals surface area contributed by atoms with Crippen LogP contribution in [-0.4, -0.2) is 11.0 Å². The first-order valence-corrected chi connectivity index (χ1v) is 7.56. The van der Waals surface area contributed by atoms with Gasteiger partial charge in [0.15, 0.2) is 0 Å². The molecule has 21 heavy (non-hydrogen) atoms. The van der Waals surface area contributed by atoms with Crippen LogP contribution in [0.25, 0.3) is 21.3 Å². The fourth-order valence-corrected chi connectivity index (χ4v) is 3.16. The topological polar surface area (TPSA) is 64.9 Å². The normalized spacial score (nSPS) is 15.7. The zero-order chi connectivity index (χ0) is 14.7. The van der Waals surface area contributed by atoms with Crippen molar-refractivity contribution < 1.29 is 0 Å². The number of aromatic nitrogens is 1. The van der Waals surface area contributed by atoms with Crippen LogP contribution in [0.2, 0.25) is 5.02 Å². The van der Waals surface area contributed by atoms with Gasteiger partial charge in [-0.05, 0) is 49.1 Å². The Bertz CT molecular complexity index is 690. The Kier molecular flexibility index (Phi) is 4.13. The van der Waals surface area contributed by atoms with Gasteiger partial charge in [0.05, 0.1) is 5.52 Å². The lowest BCUT2D eigenvalue weighted by Gasteiger charge is -2.28. The van der Waals surface area contributed by atoms with E-state index in [2.05, 4.69) is 15.1 Å². The molecule has 0 atom stereocenters. The second kappa shape index (κ2) is 6.20. The van der Waals surface area contributed by atoms with Gasteiger partial charge < -0.3 is 0 Å². The van der Waals surface area contributed by atoms with E-state index in [4.69, 9.17) is 17.1 Å². The van der Waals surface area contributed by atoms with Gasteiger partial charge in [-0.3, -0.25) is 4.98 Å². The summed E-state index contributed by atoms with van der Waals surface area (Å²) in [5.74, 6) is 0. The molecule has 5 nitrogen and oxygen atoms in total. The average Bonchev–Trinajstić information content (AvgIpc) is 2.53. The number of benzene rings is 1. The Morgan fingerprint density at radius 2 is 2.05 bits per heavy atom. The lowest BCUT2D eigenvalue weighted by Crippen LogP contribution is -2.32. The number of hydrogen-bond donors (Lipinski definition) is 0. The molecule has 1 aromatic heterocycles. The zero-order valence-electron chi connectivity index (χ0n) is 11.6. The Hall–Kier alpha value is -1.97. The number of pyridine rings is 1. The lowest BCUT2D eigenvalue weighted by atomic mass is 9.94. The maximum absolute atomic E-state index is 8.92. The van der Waals surface area contributed by atoms with Crippen LogP contribution in [0.5, 0.6) is 0 Å². The highest BCUT2D eigenvalue weighted by atomic mass is 35.5. The van der Waals surface area contributed by atoms with Crippen LogP contribution in [-0.2, 0) is 0 Å². The fourth-order valence-electron chi connectivity index (χ4n) is 2.99. The summed E-state index contributed by atoms with van der Waals surface area (Å²) in [4.78, 5) is 7.36. The number of hydrogen-bond acceptors (Lipinski definition) is 2. The molecule has 0 amide bonds. The lowest BCUT2D eigenvalue weighted by molar-refractivity contribution is 0.418. The molecule has 0 unspecified atom stereocenters. The van der Waals surface area contributed by atoms with Crippen molar-refractivity contribution in [3.63, 3.8) is 0 Å². The van der Waals surface area contributed by atoms with Crippen molar-refractivity contribution >= 4 is 28.2 Å². The summed E-state index contributed by atoms with van der Waals surface area (Å²) >= 11 is 6.02. The third-order valence-corrected chi connectivity index (χ3v) is 4.22. The minimum Gasteiger partial charge on any atom is -0.256 e. The van der Waals surface area contributed by atoms with Crippen LogP contribution in [0, 0.1) is 0 Å². The fraction of sp³-hybridized carbons (Fsp3) is 0.400.